The minimum Gasteiger partial charge on any atom is -0.462 e. The summed E-state index contributed by atoms with van der Waals surface area (Å²) in [5.41, 5.74) is 2.66. The Morgan fingerprint density at radius 2 is 1.33 bits per heavy atom. The van der Waals surface area contributed by atoms with E-state index in [1.807, 2.05) is 91.0 Å². The van der Waals surface area contributed by atoms with Gasteiger partial charge in [-0.1, -0.05) is 84.9 Å². The monoisotopic (exact) mass is 478 g/mol. The van der Waals surface area contributed by atoms with Crippen molar-refractivity contribution in [2.45, 2.75) is 12.8 Å². The fourth-order valence-electron chi connectivity index (χ4n) is 3.46. The first-order valence-electron chi connectivity index (χ1n) is 11.7. The molecule has 5 heteroatoms. The van der Waals surface area contributed by atoms with Crippen LogP contribution in [0.2, 0.25) is 0 Å². The number of hydrogen-bond donors (Lipinski definition) is 0. The van der Waals surface area contributed by atoms with Gasteiger partial charge in [0.2, 0.25) is 0 Å². The van der Waals surface area contributed by atoms with Crippen LogP contribution in [-0.4, -0.2) is 18.5 Å². The summed E-state index contributed by atoms with van der Waals surface area (Å²) in [6, 6.07) is 33.5. The first-order valence-corrected chi connectivity index (χ1v) is 11.7. The van der Waals surface area contributed by atoms with Crippen LogP contribution in [0.4, 0.5) is 0 Å². The van der Waals surface area contributed by atoms with E-state index in [1.165, 1.54) is 6.08 Å². The summed E-state index contributed by atoms with van der Waals surface area (Å²) in [7, 11) is 0. The third-order valence-corrected chi connectivity index (χ3v) is 5.24. The van der Waals surface area contributed by atoms with E-state index in [1.54, 1.807) is 24.3 Å². The summed E-state index contributed by atoms with van der Waals surface area (Å²) >= 11 is 0. The van der Waals surface area contributed by atoms with Crippen molar-refractivity contribution in [3.63, 3.8) is 0 Å². The quantitative estimate of drug-likeness (QED) is 0.149. The van der Waals surface area contributed by atoms with E-state index in [0.29, 0.717) is 35.8 Å². The van der Waals surface area contributed by atoms with Crippen molar-refractivity contribution in [2.24, 2.45) is 0 Å². The lowest BCUT2D eigenvalue weighted by molar-refractivity contribution is -0.137. The fraction of sp³-hybridized carbons (Fsp3) is 0.0968. The molecule has 0 aromatic heterocycles. The Balaban J connectivity index is 1.43. The molecule has 0 spiro atoms. The molecule has 0 saturated carbocycles. The van der Waals surface area contributed by atoms with Gasteiger partial charge in [0.05, 0.1) is 13.0 Å². The molecule has 180 valence electrons. The second-order valence-corrected chi connectivity index (χ2v) is 7.99. The molecule has 0 aliphatic carbocycles. The maximum atomic E-state index is 12.5. The van der Waals surface area contributed by atoms with Gasteiger partial charge in [0.1, 0.15) is 5.75 Å². The Hall–Kier alpha value is -4.64. The average molecular weight is 479 g/mol. The smallest absolute Gasteiger partial charge is 0.330 e. The van der Waals surface area contributed by atoms with Crippen LogP contribution < -0.4 is 9.47 Å². The van der Waals surface area contributed by atoms with Gasteiger partial charge in [-0.15, -0.1) is 0 Å². The second-order valence-electron chi connectivity index (χ2n) is 7.99. The first-order chi connectivity index (χ1) is 17.7. The minimum absolute atomic E-state index is 0.141. The van der Waals surface area contributed by atoms with Crippen LogP contribution in [0.5, 0.6) is 17.2 Å². The molecule has 4 rings (SSSR count). The van der Waals surface area contributed by atoms with Gasteiger partial charge in [0.25, 0.3) is 0 Å². The highest BCUT2D eigenvalue weighted by Crippen LogP contribution is 2.33. The zero-order valence-electron chi connectivity index (χ0n) is 19.7. The molecule has 0 fully saturated rings. The molecule has 0 amide bonds. The van der Waals surface area contributed by atoms with Crippen molar-refractivity contribution in [3.8, 4) is 17.2 Å². The van der Waals surface area contributed by atoms with E-state index < -0.39 is 11.9 Å². The van der Waals surface area contributed by atoms with Crippen molar-refractivity contribution in [3.05, 3.63) is 132 Å². The molecule has 0 atom stereocenters. The fourth-order valence-corrected chi connectivity index (χ4v) is 3.46. The van der Waals surface area contributed by atoms with Gasteiger partial charge in [0.15, 0.2) is 11.5 Å². The highest BCUT2D eigenvalue weighted by atomic mass is 16.6. The predicted octanol–water partition coefficient (Wildman–Crippen LogP) is 6.43. The zero-order valence-corrected chi connectivity index (χ0v) is 19.7. The van der Waals surface area contributed by atoms with E-state index >= 15 is 0 Å². The van der Waals surface area contributed by atoms with Crippen LogP contribution in [0.3, 0.4) is 0 Å². The molecule has 0 saturated heterocycles. The van der Waals surface area contributed by atoms with Crippen LogP contribution in [-0.2, 0) is 27.2 Å². The number of carbonyl (C=O) groups excluding carboxylic acids is 2. The Labute approximate surface area is 210 Å². The van der Waals surface area contributed by atoms with Crippen molar-refractivity contribution < 1.29 is 23.8 Å². The summed E-state index contributed by atoms with van der Waals surface area (Å²) in [5.74, 6) is 0.420. The highest BCUT2D eigenvalue weighted by molar-refractivity contribution is 5.87. The number of hydrogen-bond acceptors (Lipinski definition) is 5. The molecule has 0 aliphatic rings. The number of para-hydroxylation sites is 1. The number of esters is 2. The van der Waals surface area contributed by atoms with Crippen molar-refractivity contribution in [1.29, 1.82) is 0 Å². The van der Waals surface area contributed by atoms with Crippen molar-refractivity contribution >= 4 is 18.0 Å². The summed E-state index contributed by atoms with van der Waals surface area (Å²) in [4.78, 5) is 24.7. The second kappa shape index (κ2) is 12.7. The Bertz CT molecular complexity index is 1300. The number of benzene rings is 4. The van der Waals surface area contributed by atoms with Gasteiger partial charge in [-0.25, -0.2) is 4.79 Å². The van der Waals surface area contributed by atoms with Gasteiger partial charge in [0, 0.05) is 12.5 Å². The van der Waals surface area contributed by atoms with Crippen LogP contribution in [0, 0.1) is 0 Å². The highest BCUT2D eigenvalue weighted by Gasteiger charge is 2.13. The Kier molecular flexibility index (Phi) is 8.65. The van der Waals surface area contributed by atoms with E-state index in [-0.39, 0.29) is 6.42 Å². The van der Waals surface area contributed by atoms with Crippen LogP contribution >= 0.6 is 0 Å². The summed E-state index contributed by atoms with van der Waals surface area (Å²) in [6.07, 6.45) is 3.80. The standard InChI is InChI=1S/C31H26O5/c32-30(34-21-20-24-10-4-1-5-11-24)19-17-26-16-18-28(29(22-26)35-27-14-8-3-9-15-27)36-31(33)23-25-12-6-2-7-13-25/h1-19,22H,20-21,23H2/b19-17-. The van der Waals surface area contributed by atoms with E-state index in [0.717, 1.165) is 11.1 Å². The first kappa shape index (κ1) is 24.5. The zero-order chi connectivity index (χ0) is 25.0. The molecule has 0 bridgehead atoms. The summed E-state index contributed by atoms with van der Waals surface area (Å²) in [5, 5.41) is 0. The molecule has 5 nitrogen and oxygen atoms in total. The van der Waals surface area contributed by atoms with Crippen molar-refractivity contribution in [1.82, 2.24) is 0 Å². The molecule has 0 heterocycles. The van der Waals surface area contributed by atoms with E-state index in [2.05, 4.69) is 0 Å². The summed E-state index contributed by atoms with van der Waals surface area (Å²) in [6.45, 7) is 0.297. The van der Waals surface area contributed by atoms with Crippen molar-refractivity contribution in [2.75, 3.05) is 6.61 Å². The third kappa shape index (κ3) is 7.71. The van der Waals surface area contributed by atoms with Crippen LogP contribution in [0.25, 0.3) is 6.08 Å². The number of ether oxygens (including phenoxy) is 3. The summed E-state index contributed by atoms with van der Waals surface area (Å²) < 4.78 is 16.9. The lowest BCUT2D eigenvalue weighted by Gasteiger charge is -2.12. The molecular formula is C31H26O5. The van der Waals surface area contributed by atoms with Crippen LogP contribution in [0.1, 0.15) is 16.7 Å². The lowest BCUT2D eigenvalue weighted by Crippen LogP contribution is -2.11. The Morgan fingerprint density at radius 3 is 2.03 bits per heavy atom. The molecule has 0 N–H and O–H groups in total. The predicted molar refractivity (Wildman–Crippen MR) is 139 cm³/mol. The van der Waals surface area contributed by atoms with E-state index in [9.17, 15) is 9.59 Å². The van der Waals surface area contributed by atoms with Gasteiger partial charge in [-0.3, -0.25) is 4.79 Å². The molecule has 0 radical (unpaired) electrons. The van der Waals surface area contributed by atoms with Gasteiger partial charge in [-0.2, -0.15) is 0 Å². The van der Waals surface area contributed by atoms with Gasteiger partial charge < -0.3 is 14.2 Å². The topological polar surface area (TPSA) is 61.8 Å². The van der Waals surface area contributed by atoms with Gasteiger partial charge >= 0.3 is 11.9 Å². The lowest BCUT2D eigenvalue weighted by atomic mass is 10.1. The number of carbonyl (C=O) groups is 2. The maximum absolute atomic E-state index is 12.5. The molecule has 4 aromatic carbocycles. The SMILES string of the molecule is O=C(/C=C\c1ccc(OC(=O)Cc2ccccc2)c(Oc2ccccc2)c1)OCCc1ccccc1. The normalized spacial score (nSPS) is 10.7. The molecular weight excluding hydrogens is 452 g/mol. The molecule has 0 unspecified atom stereocenters. The van der Waals surface area contributed by atoms with E-state index in [4.69, 9.17) is 14.2 Å². The number of rotatable bonds is 10. The molecule has 4 aromatic rings. The minimum atomic E-state index is -0.435. The molecule has 0 aliphatic heterocycles. The largest absolute Gasteiger partial charge is 0.462 e. The molecule has 36 heavy (non-hydrogen) atoms. The van der Waals surface area contributed by atoms with Crippen LogP contribution in [0.15, 0.2) is 115 Å². The maximum Gasteiger partial charge on any atom is 0.330 e. The average Bonchev–Trinajstić information content (AvgIpc) is 2.90. The Morgan fingerprint density at radius 1 is 0.694 bits per heavy atom. The van der Waals surface area contributed by atoms with Gasteiger partial charge in [-0.05, 0) is 47.0 Å². The third-order valence-electron chi connectivity index (χ3n) is 5.24.